The molecule has 0 bridgehead atoms. The number of benzene rings is 2. The van der Waals surface area contributed by atoms with Crippen LogP contribution in [0.15, 0.2) is 52.2 Å². The molecule has 0 spiro atoms. The van der Waals surface area contributed by atoms with Crippen molar-refractivity contribution < 1.29 is 22.7 Å². The number of carbonyl (C=O) groups excluding carboxylic acids is 1. The first-order valence-electron chi connectivity index (χ1n) is 19.4. The van der Waals surface area contributed by atoms with Crippen LogP contribution in [0.1, 0.15) is 81.1 Å². The maximum Gasteiger partial charge on any atom is 0.328 e. The van der Waals surface area contributed by atoms with E-state index in [-0.39, 0.29) is 40.4 Å². The zero-order valence-electron chi connectivity index (χ0n) is 34.1. The topological polar surface area (TPSA) is 111 Å². The number of aliphatic hydroxyl groups is 1. The van der Waals surface area contributed by atoms with Gasteiger partial charge in [0, 0.05) is 38.5 Å². The predicted octanol–water partition coefficient (Wildman–Crippen LogP) is 7.62. The van der Waals surface area contributed by atoms with Crippen molar-refractivity contribution in [1.29, 1.82) is 0 Å². The van der Waals surface area contributed by atoms with Crippen LogP contribution in [0.5, 0.6) is 0 Å². The molecule has 1 saturated heterocycles. The summed E-state index contributed by atoms with van der Waals surface area (Å²) in [5.41, 5.74) is 6.25. The standard InChI is InChI=1S/C41H63N3O6SSi2/c1-26(2)53(27(3)4,28(5)6)50-25-36-38-37(40(46)44(36)51(48,49)34-17-14-29(7)15-18-34)33(24-45)22-35-39(38)42(19-20-52(10,11)12)41(47)43(35)23-32-16-13-30(8)21-31(32)9/h13-18,21,26-28,33,36-38,45H,19-20,22-25H2,1-12H3/t33-,36+,37+,38+/m0/s1. The molecular formula is C41H63N3O6SSi2. The molecule has 0 unspecified atom stereocenters. The SMILES string of the molecule is Cc1ccc(S(=O)(=O)N2C(=O)[C@@H]3[C@H](CO)Cc4c(n(CC[Si](C)(C)C)c(=O)n4Cc4ccc(C)cc4C)[C@@H]3[C@H]2CO[Si](C(C)C)(C(C)C)C(C)C)cc1. The van der Waals surface area contributed by atoms with E-state index in [1.54, 1.807) is 24.3 Å². The number of hydrogen-bond donors (Lipinski definition) is 1. The van der Waals surface area contributed by atoms with Crippen LogP contribution in [0.25, 0.3) is 0 Å². The second kappa shape index (κ2) is 15.4. The summed E-state index contributed by atoms with van der Waals surface area (Å²) in [6, 6.07) is 12.8. The van der Waals surface area contributed by atoms with Crippen LogP contribution >= 0.6 is 0 Å². The molecule has 1 aliphatic heterocycles. The molecule has 5 rings (SSSR count). The van der Waals surface area contributed by atoms with E-state index in [4.69, 9.17) is 4.43 Å². The molecule has 12 heteroatoms. The zero-order valence-corrected chi connectivity index (χ0v) is 36.9. The molecule has 1 aromatic heterocycles. The van der Waals surface area contributed by atoms with Crippen molar-refractivity contribution in [3.63, 3.8) is 0 Å². The van der Waals surface area contributed by atoms with Crippen LogP contribution in [-0.4, -0.2) is 68.5 Å². The third kappa shape index (κ3) is 7.59. The Bertz CT molecular complexity index is 1960. The van der Waals surface area contributed by atoms with Gasteiger partial charge in [-0.3, -0.25) is 13.9 Å². The van der Waals surface area contributed by atoms with Crippen LogP contribution in [-0.2, 0) is 38.8 Å². The molecule has 0 radical (unpaired) electrons. The summed E-state index contributed by atoms with van der Waals surface area (Å²) in [5, 5.41) is 11.0. The normalized spacial score (nSPS) is 20.9. The number of imidazole rings is 1. The van der Waals surface area contributed by atoms with Crippen molar-refractivity contribution in [1.82, 2.24) is 13.4 Å². The number of aromatic nitrogens is 2. The van der Waals surface area contributed by atoms with Gasteiger partial charge < -0.3 is 9.53 Å². The second-order valence-electron chi connectivity index (χ2n) is 17.9. The molecule has 292 valence electrons. The first-order chi connectivity index (χ1) is 24.7. The molecule has 1 fully saturated rings. The van der Waals surface area contributed by atoms with E-state index in [1.165, 1.54) is 0 Å². The lowest BCUT2D eigenvalue weighted by Gasteiger charge is -2.44. The van der Waals surface area contributed by atoms with Gasteiger partial charge in [-0.25, -0.2) is 17.5 Å². The van der Waals surface area contributed by atoms with E-state index in [9.17, 15) is 23.1 Å². The van der Waals surface area contributed by atoms with Crippen molar-refractivity contribution in [3.05, 3.63) is 86.6 Å². The van der Waals surface area contributed by atoms with Crippen molar-refractivity contribution in [3.8, 4) is 0 Å². The van der Waals surface area contributed by atoms with E-state index in [2.05, 4.69) is 93.2 Å². The molecule has 2 aliphatic rings. The maximum atomic E-state index is 14.9. The third-order valence-corrected chi connectivity index (χ3v) is 21.8. The number of fused-ring (bicyclic) bond motifs is 3. The Balaban J connectivity index is 1.78. The van der Waals surface area contributed by atoms with E-state index in [0.29, 0.717) is 19.5 Å². The van der Waals surface area contributed by atoms with Crippen LogP contribution in [0.2, 0.25) is 42.3 Å². The molecule has 9 nitrogen and oxygen atoms in total. The first kappa shape index (κ1) is 41.4. The lowest BCUT2D eigenvalue weighted by atomic mass is 9.72. The Labute approximate surface area is 320 Å². The lowest BCUT2D eigenvalue weighted by molar-refractivity contribution is -0.129. The fourth-order valence-corrected chi connectivity index (χ4v) is 17.5. The Morgan fingerprint density at radius 2 is 1.43 bits per heavy atom. The average Bonchev–Trinajstić information content (AvgIpc) is 3.50. The van der Waals surface area contributed by atoms with Gasteiger partial charge in [0.2, 0.25) is 5.91 Å². The van der Waals surface area contributed by atoms with Gasteiger partial charge in [-0.2, -0.15) is 0 Å². The molecular weight excluding hydrogens is 719 g/mol. The van der Waals surface area contributed by atoms with E-state index < -0.39 is 56.1 Å². The predicted molar refractivity (Wildman–Crippen MR) is 218 cm³/mol. The number of aliphatic hydroxyl groups excluding tert-OH is 1. The summed E-state index contributed by atoms with van der Waals surface area (Å²) in [6.07, 6.45) is 0.299. The summed E-state index contributed by atoms with van der Waals surface area (Å²) in [7, 11) is -8.52. The fourth-order valence-electron chi connectivity index (χ4n) is 9.54. The lowest BCUT2D eigenvalue weighted by Crippen LogP contribution is -2.51. The van der Waals surface area contributed by atoms with E-state index in [0.717, 1.165) is 44.0 Å². The highest BCUT2D eigenvalue weighted by Gasteiger charge is 2.60. The summed E-state index contributed by atoms with van der Waals surface area (Å²) in [6.45, 7) is 26.6. The highest BCUT2D eigenvalue weighted by molar-refractivity contribution is 7.89. The van der Waals surface area contributed by atoms with Gasteiger partial charge in [0.25, 0.3) is 10.0 Å². The second-order valence-corrected chi connectivity index (χ2v) is 30.8. The smallest absolute Gasteiger partial charge is 0.328 e. The molecule has 1 aliphatic carbocycles. The molecule has 3 aromatic rings. The quantitative estimate of drug-likeness (QED) is 0.169. The van der Waals surface area contributed by atoms with Crippen LogP contribution in [0.3, 0.4) is 0 Å². The Morgan fingerprint density at radius 1 is 0.849 bits per heavy atom. The Morgan fingerprint density at radius 3 is 1.96 bits per heavy atom. The Hall–Kier alpha value is -2.78. The minimum atomic E-state index is -4.33. The van der Waals surface area contributed by atoms with Gasteiger partial charge >= 0.3 is 5.69 Å². The molecule has 0 saturated carbocycles. The van der Waals surface area contributed by atoms with E-state index in [1.807, 2.05) is 16.1 Å². The van der Waals surface area contributed by atoms with Gasteiger partial charge in [-0.15, -0.1) is 0 Å². The molecule has 4 atom stereocenters. The largest absolute Gasteiger partial charge is 0.414 e. The van der Waals surface area contributed by atoms with E-state index >= 15 is 0 Å². The molecule has 53 heavy (non-hydrogen) atoms. The highest BCUT2D eigenvalue weighted by atomic mass is 32.2. The van der Waals surface area contributed by atoms with Crippen molar-refractivity contribution in [2.45, 2.75) is 141 Å². The highest BCUT2D eigenvalue weighted by Crippen LogP contribution is 2.51. The average molecular weight is 782 g/mol. The molecule has 2 aromatic carbocycles. The zero-order chi connectivity index (χ0) is 39.4. The summed E-state index contributed by atoms with van der Waals surface area (Å²) in [4.78, 5) is 29.8. The van der Waals surface area contributed by atoms with Crippen LogP contribution < -0.4 is 5.69 Å². The number of hydrogen-bond acceptors (Lipinski definition) is 6. The van der Waals surface area contributed by atoms with Crippen molar-refractivity contribution in [2.24, 2.45) is 11.8 Å². The number of sulfonamides is 1. The van der Waals surface area contributed by atoms with Crippen LogP contribution in [0, 0.1) is 32.6 Å². The fraction of sp³-hybridized carbons (Fsp3) is 0.610. The summed E-state index contributed by atoms with van der Waals surface area (Å²) >= 11 is 0. The number of carbonyl (C=O) groups is 1. The molecule has 1 amide bonds. The molecule has 1 N–H and O–H groups in total. The monoisotopic (exact) mass is 781 g/mol. The number of amides is 1. The number of rotatable bonds is 14. The van der Waals surface area contributed by atoms with Gasteiger partial charge in [-0.05, 0) is 79.0 Å². The van der Waals surface area contributed by atoms with Crippen molar-refractivity contribution >= 4 is 32.3 Å². The van der Waals surface area contributed by atoms with Crippen molar-refractivity contribution in [2.75, 3.05) is 13.2 Å². The van der Waals surface area contributed by atoms with Gasteiger partial charge in [0.05, 0.1) is 30.0 Å². The Kier molecular flexibility index (Phi) is 12.0. The summed E-state index contributed by atoms with van der Waals surface area (Å²) in [5.74, 6) is -2.59. The maximum absolute atomic E-state index is 14.9. The summed E-state index contributed by atoms with van der Waals surface area (Å²) < 4.78 is 41.6. The number of nitrogens with zero attached hydrogens (tertiary/aromatic N) is 3. The van der Waals surface area contributed by atoms with Crippen LogP contribution in [0.4, 0.5) is 0 Å². The minimum Gasteiger partial charge on any atom is -0.414 e. The van der Waals surface area contributed by atoms with Gasteiger partial charge in [-0.1, -0.05) is 103 Å². The number of aryl methyl sites for hydroxylation is 3. The minimum absolute atomic E-state index is 0.0286. The first-order valence-corrected chi connectivity index (χ1v) is 26.7. The molecule has 2 heterocycles. The van der Waals surface area contributed by atoms with Gasteiger partial charge in [0.15, 0.2) is 8.32 Å². The van der Waals surface area contributed by atoms with Gasteiger partial charge in [0.1, 0.15) is 0 Å². The third-order valence-electron chi connectivity index (χ3n) is 12.2.